The average molecular weight is 367 g/mol. The summed E-state index contributed by atoms with van der Waals surface area (Å²) in [4.78, 5) is 0. The Morgan fingerprint density at radius 2 is 1.33 bits per heavy atom. The van der Waals surface area contributed by atoms with E-state index in [1.54, 1.807) is 5.57 Å². The number of allylic oxidation sites excluding steroid dienone is 2. The van der Waals surface area contributed by atoms with Gasteiger partial charge in [-0.05, 0) is 73.8 Å². The van der Waals surface area contributed by atoms with Gasteiger partial charge in [0.1, 0.15) is 0 Å². The molecule has 0 heterocycles. The molecule has 0 amide bonds. The summed E-state index contributed by atoms with van der Waals surface area (Å²) >= 11 is 0. The van der Waals surface area contributed by atoms with Gasteiger partial charge in [0.05, 0.1) is 0 Å². The maximum absolute atomic E-state index is 2.60. The van der Waals surface area contributed by atoms with Gasteiger partial charge in [0.25, 0.3) is 0 Å². The van der Waals surface area contributed by atoms with Crippen molar-refractivity contribution in [2.75, 3.05) is 0 Å². The zero-order valence-electron chi connectivity index (χ0n) is 18.0. The third-order valence-corrected chi connectivity index (χ3v) is 7.44. The van der Waals surface area contributed by atoms with E-state index in [4.69, 9.17) is 0 Å². The number of hydrogen-bond donors (Lipinski definition) is 0. The molecule has 150 valence electrons. The van der Waals surface area contributed by atoms with Gasteiger partial charge in [-0.3, -0.25) is 0 Å². The normalized spacial score (nSPS) is 26.0. The molecule has 1 saturated carbocycles. The maximum atomic E-state index is 2.60. The Kier molecular flexibility index (Phi) is 8.49. The van der Waals surface area contributed by atoms with E-state index in [9.17, 15) is 0 Å². The third-order valence-electron chi connectivity index (χ3n) is 7.44. The van der Waals surface area contributed by atoms with Crippen LogP contribution in [0.2, 0.25) is 0 Å². The monoisotopic (exact) mass is 366 g/mol. The third kappa shape index (κ3) is 6.81. The largest absolute Gasteiger partial charge is 0.0850 e. The Bertz CT molecular complexity index is 556. The predicted molar refractivity (Wildman–Crippen MR) is 119 cm³/mol. The molecule has 0 radical (unpaired) electrons. The highest BCUT2D eigenvalue weighted by molar-refractivity contribution is 5.23. The molecule has 1 unspecified atom stereocenters. The van der Waals surface area contributed by atoms with Gasteiger partial charge in [0.2, 0.25) is 0 Å². The van der Waals surface area contributed by atoms with Crippen LogP contribution in [0.5, 0.6) is 0 Å². The van der Waals surface area contributed by atoms with Crippen molar-refractivity contribution in [2.45, 2.75) is 104 Å². The van der Waals surface area contributed by atoms with E-state index in [1.807, 2.05) is 0 Å². The number of hydrogen-bond acceptors (Lipinski definition) is 0. The average Bonchev–Trinajstić information content (AvgIpc) is 2.73. The maximum Gasteiger partial charge on any atom is -0.0241 e. The number of benzene rings is 1. The fourth-order valence-electron chi connectivity index (χ4n) is 5.30. The van der Waals surface area contributed by atoms with E-state index >= 15 is 0 Å². The topological polar surface area (TPSA) is 0 Å². The molecule has 0 aliphatic heterocycles. The van der Waals surface area contributed by atoms with Gasteiger partial charge in [0.15, 0.2) is 0 Å². The minimum absolute atomic E-state index is 0.978. The van der Waals surface area contributed by atoms with Gasteiger partial charge in [-0.15, -0.1) is 0 Å². The lowest BCUT2D eigenvalue weighted by Gasteiger charge is -2.29. The smallest absolute Gasteiger partial charge is 0.0241 e. The van der Waals surface area contributed by atoms with Crippen LogP contribution in [-0.2, 0) is 12.8 Å². The van der Waals surface area contributed by atoms with E-state index in [0.717, 1.165) is 17.8 Å². The van der Waals surface area contributed by atoms with Crippen LogP contribution in [0.15, 0.2) is 35.9 Å². The lowest BCUT2D eigenvalue weighted by molar-refractivity contribution is 0.241. The van der Waals surface area contributed by atoms with Crippen LogP contribution in [-0.4, -0.2) is 0 Å². The highest BCUT2D eigenvalue weighted by Crippen LogP contribution is 2.36. The van der Waals surface area contributed by atoms with Crippen LogP contribution in [0, 0.1) is 17.8 Å². The van der Waals surface area contributed by atoms with Gasteiger partial charge < -0.3 is 0 Å². The first-order chi connectivity index (χ1) is 13.3. The van der Waals surface area contributed by atoms with E-state index in [-0.39, 0.29) is 0 Å². The Labute approximate surface area is 168 Å². The second-order valence-corrected chi connectivity index (χ2v) is 9.44. The molecular formula is C27H42. The zero-order chi connectivity index (χ0) is 18.9. The molecule has 1 fully saturated rings. The Morgan fingerprint density at radius 3 is 1.93 bits per heavy atom. The van der Waals surface area contributed by atoms with Gasteiger partial charge in [-0.2, -0.15) is 0 Å². The summed E-state index contributed by atoms with van der Waals surface area (Å²) in [7, 11) is 0. The van der Waals surface area contributed by atoms with E-state index in [1.165, 1.54) is 101 Å². The van der Waals surface area contributed by atoms with Crippen LogP contribution in [0.4, 0.5) is 0 Å². The summed E-state index contributed by atoms with van der Waals surface area (Å²) < 4.78 is 0. The SMILES string of the molecule is CCCc1ccc(CCC2=CCC(CC[C@H]3CC[C@H](CC)CC3)CC2)cc1. The molecule has 1 atom stereocenters. The van der Waals surface area contributed by atoms with Gasteiger partial charge in [0, 0.05) is 0 Å². The summed E-state index contributed by atoms with van der Waals surface area (Å²) in [5.74, 6) is 3.07. The van der Waals surface area contributed by atoms with Crippen molar-refractivity contribution in [1.29, 1.82) is 0 Å². The molecule has 0 saturated heterocycles. The first-order valence-corrected chi connectivity index (χ1v) is 12.0. The van der Waals surface area contributed by atoms with Gasteiger partial charge >= 0.3 is 0 Å². The molecule has 0 heteroatoms. The Morgan fingerprint density at radius 1 is 0.704 bits per heavy atom. The molecule has 2 aliphatic rings. The molecule has 2 aliphatic carbocycles. The second kappa shape index (κ2) is 11.1. The molecule has 0 N–H and O–H groups in total. The molecule has 0 aromatic heterocycles. The van der Waals surface area contributed by atoms with Crippen molar-refractivity contribution in [3.05, 3.63) is 47.0 Å². The molecule has 1 aromatic rings. The minimum Gasteiger partial charge on any atom is -0.0850 e. The van der Waals surface area contributed by atoms with Crippen molar-refractivity contribution in [3.8, 4) is 0 Å². The number of rotatable bonds is 9. The lowest BCUT2D eigenvalue weighted by atomic mass is 9.76. The lowest BCUT2D eigenvalue weighted by Crippen LogP contribution is -2.15. The summed E-state index contributed by atoms with van der Waals surface area (Å²) in [5, 5.41) is 0. The predicted octanol–water partition coefficient (Wildman–Crippen LogP) is 8.29. The molecule has 27 heavy (non-hydrogen) atoms. The molecule has 3 rings (SSSR count). The Hall–Kier alpha value is -1.04. The summed E-state index contributed by atoms with van der Waals surface area (Å²) in [6, 6.07) is 9.37. The van der Waals surface area contributed by atoms with Crippen LogP contribution in [0.1, 0.15) is 102 Å². The molecule has 0 nitrogen and oxygen atoms in total. The summed E-state index contributed by atoms with van der Waals surface area (Å²) in [5.41, 5.74) is 4.73. The standard InChI is InChI=1S/C27H42/c1-3-5-23-10-12-25(13-11-23)16-17-27-20-18-26(19-21-27)15-14-24-8-6-22(4-2)7-9-24/h10-13,20,22,24,26H,3-9,14-19,21H2,1-2H3/t22-,24-,26?. The van der Waals surface area contributed by atoms with Crippen molar-refractivity contribution < 1.29 is 0 Å². The van der Waals surface area contributed by atoms with Crippen molar-refractivity contribution in [1.82, 2.24) is 0 Å². The fourth-order valence-corrected chi connectivity index (χ4v) is 5.30. The number of aryl methyl sites for hydroxylation is 2. The molecule has 0 spiro atoms. The fraction of sp³-hybridized carbons (Fsp3) is 0.704. The van der Waals surface area contributed by atoms with Crippen molar-refractivity contribution in [2.24, 2.45) is 17.8 Å². The first kappa shape index (κ1) is 20.7. The first-order valence-electron chi connectivity index (χ1n) is 12.0. The molecular weight excluding hydrogens is 324 g/mol. The highest BCUT2D eigenvalue weighted by Gasteiger charge is 2.21. The van der Waals surface area contributed by atoms with Crippen LogP contribution < -0.4 is 0 Å². The second-order valence-electron chi connectivity index (χ2n) is 9.44. The summed E-state index contributed by atoms with van der Waals surface area (Å²) in [6.07, 6.45) is 22.2. The quantitative estimate of drug-likeness (QED) is 0.385. The zero-order valence-corrected chi connectivity index (χ0v) is 18.0. The van der Waals surface area contributed by atoms with Gasteiger partial charge in [-0.1, -0.05) is 94.7 Å². The van der Waals surface area contributed by atoms with Crippen LogP contribution >= 0.6 is 0 Å². The van der Waals surface area contributed by atoms with Crippen LogP contribution in [0.25, 0.3) is 0 Å². The van der Waals surface area contributed by atoms with Crippen molar-refractivity contribution in [3.63, 3.8) is 0 Å². The summed E-state index contributed by atoms with van der Waals surface area (Å²) in [6.45, 7) is 4.63. The minimum atomic E-state index is 0.978. The molecule has 0 bridgehead atoms. The van der Waals surface area contributed by atoms with E-state index in [2.05, 4.69) is 44.2 Å². The van der Waals surface area contributed by atoms with Gasteiger partial charge in [-0.25, -0.2) is 0 Å². The van der Waals surface area contributed by atoms with E-state index < -0.39 is 0 Å². The van der Waals surface area contributed by atoms with Crippen LogP contribution in [0.3, 0.4) is 0 Å². The molecule has 1 aromatic carbocycles. The highest BCUT2D eigenvalue weighted by atomic mass is 14.3. The van der Waals surface area contributed by atoms with E-state index in [0.29, 0.717) is 0 Å². The van der Waals surface area contributed by atoms with Crippen molar-refractivity contribution >= 4 is 0 Å². The Balaban J connectivity index is 1.33.